The summed E-state index contributed by atoms with van der Waals surface area (Å²) >= 11 is 0. The van der Waals surface area contributed by atoms with Crippen LogP contribution in [0.4, 0.5) is 0 Å². The molecule has 0 saturated heterocycles. The molecule has 0 spiro atoms. The highest BCUT2D eigenvalue weighted by molar-refractivity contribution is 5.71. The molecule has 0 N–H and O–H groups in total. The number of nitrogens with zero attached hydrogens (tertiary/aromatic N) is 1. The van der Waals surface area contributed by atoms with Crippen LogP contribution < -0.4 is 0 Å². The van der Waals surface area contributed by atoms with Gasteiger partial charge in [0.1, 0.15) is 0 Å². The number of unbranched alkanes of at least 4 members (excludes halogenated alkanes) is 1. The van der Waals surface area contributed by atoms with Gasteiger partial charge in [0.05, 0.1) is 19.8 Å². The predicted molar refractivity (Wildman–Crippen MR) is 69.0 cm³/mol. The minimum absolute atomic E-state index is 0.192. The fourth-order valence-corrected chi connectivity index (χ4v) is 1.35. The highest BCUT2D eigenvalue weighted by Crippen LogP contribution is 1.93. The molecular formula is C13H25NO3. The second-order valence-electron chi connectivity index (χ2n) is 3.79. The van der Waals surface area contributed by atoms with Gasteiger partial charge in [0.2, 0.25) is 0 Å². The Morgan fingerprint density at radius 3 is 2.71 bits per heavy atom. The summed E-state index contributed by atoms with van der Waals surface area (Å²) < 4.78 is 10.4. The van der Waals surface area contributed by atoms with E-state index in [0.29, 0.717) is 26.3 Å². The zero-order valence-corrected chi connectivity index (χ0v) is 11.1. The Balaban J connectivity index is 3.73. The van der Waals surface area contributed by atoms with Crippen molar-refractivity contribution >= 4 is 5.97 Å². The van der Waals surface area contributed by atoms with E-state index in [1.54, 1.807) is 6.08 Å². The van der Waals surface area contributed by atoms with Gasteiger partial charge in [-0.25, -0.2) is 0 Å². The summed E-state index contributed by atoms with van der Waals surface area (Å²) in [7, 11) is 0. The number of carbonyl (C=O) groups is 1. The molecule has 0 aliphatic rings. The van der Waals surface area contributed by atoms with Gasteiger partial charge in [-0.05, 0) is 13.3 Å². The van der Waals surface area contributed by atoms with Gasteiger partial charge in [-0.15, -0.1) is 6.58 Å². The third-order valence-corrected chi connectivity index (χ3v) is 2.24. The van der Waals surface area contributed by atoms with Crippen molar-refractivity contribution in [3.8, 4) is 0 Å². The summed E-state index contributed by atoms with van der Waals surface area (Å²) in [4.78, 5) is 13.3. The molecule has 100 valence electrons. The van der Waals surface area contributed by atoms with Crippen LogP contribution in [-0.2, 0) is 14.3 Å². The third kappa shape index (κ3) is 10.0. The Bertz CT molecular complexity index is 207. The van der Waals surface area contributed by atoms with Gasteiger partial charge in [0.25, 0.3) is 0 Å². The van der Waals surface area contributed by atoms with E-state index < -0.39 is 0 Å². The normalized spacial score (nSPS) is 10.5. The molecule has 0 saturated carbocycles. The molecule has 0 heterocycles. The van der Waals surface area contributed by atoms with Crippen LogP contribution in [0.2, 0.25) is 0 Å². The standard InChI is InChI=1S/C13H25NO3/c1-4-7-10-16-11-9-14(8-5-2)12-13(15)17-6-3/h5H,2,4,6-12H2,1,3H3. The van der Waals surface area contributed by atoms with Crippen molar-refractivity contribution in [2.45, 2.75) is 26.7 Å². The van der Waals surface area contributed by atoms with Crippen molar-refractivity contribution in [2.24, 2.45) is 0 Å². The molecule has 4 heteroatoms. The predicted octanol–water partition coefficient (Wildman–Crippen LogP) is 1.85. The van der Waals surface area contributed by atoms with Crippen LogP contribution in [0.25, 0.3) is 0 Å². The number of hydrogen-bond donors (Lipinski definition) is 0. The molecule has 0 fully saturated rings. The van der Waals surface area contributed by atoms with Crippen molar-refractivity contribution in [1.82, 2.24) is 4.90 Å². The molecular weight excluding hydrogens is 218 g/mol. The van der Waals surface area contributed by atoms with E-state index in [0.717, 1.165) is 26.0 Å². The van der Waals surface area contributed by atoms with E-state index in [4.69, 9.17) is 9.47 Å². The molecule has 0 radical (unpaired) electrons. The van der Waals surface area contributed by atoms with Gasteiger partial charge in [-0.3, -0.25) is 9.69 Å². The van der Waals surface area contributed by atoms with E-state index >= 15 is 0 Å². The maximum absolute atomic E-state index is 11.3. The summed E-state index contributed by atoms with van der Waals surface area (Å²) in [5, 5.41) is 0. The van der Waals surface area contributed by atoms with Crippen molar-refractivity contribution in [1.29, 1.82) is 0 Å². The highest BCUT2D eigenvalue weighted by atomic mass is 16.5. The zero-order chi connectivity index (χ0) is 12.9. The number of esters is 1. The maximum Gasteiger partial charge on any atom is 0.320 e. The molecule has 0 aromatic rings. The first-order chi connectivity index (χ1) is 8.24. The molecule has 0 amide bonds. The highest BCUT2D eigenvalue weighted by Gasteiger charge is 2.09. The van der Waals surface area contributed by atoms with E-state index in [1.807, 2.05) is 11.8 Å². The summed E-state index contributed by atoms with van der Waals surface area (Å²) in [6.07, 6.45) is 4.00. The topological polar surface area (TPSA) is 38.8 Å². The lowest BCUT2D eigenvalue weighted by molar-refractivity contribution is -0.144. The van der Waals surface area contributed by atoms with Crippen LogP contribution in [0, 0.1) is 0 Å². The lowest BCUT2D eigenvalue weighted by atomic mass is 10.4. The van der Waals surface area contributed by atoms with Gasteiger partial charge in [-0.2, -0.15) is 0 Å². The Kier molecular flexibility index (Phi) is 11.0. The van der Waals surface area contributed by atoms with E-state index in [1.165, 1.54) is 0 Å². The van der Waals surface area contributed by atoms with Crippen LogP contribution in [0.5, 0.6) is 0 Å². The van der Waals surface area contributed by atoms with Gasteiger partial charge in [0, 0.05) is 19.7 Å². The zero-order valence-electron chi connectivity index (χ0n) is 11.1. The van der Waals surface area contributed by atoms with Crippen LogP contribution in [0.3, 0.4) is 0 Å². The van der Waals surface area contributed by atoms with E-state index in [9.17, 15) is 4.79 Å². The Hall–Kier alpha value is -0.870. The molecule has 0 aliphatic heterocycles. The molecule has 0 unspecified atom stereocenters. The Labute approximate surface area is 105 Å². The first-order valence-electron chi connectivity index (χ1n) is 6.31. The van der Waals surface area contributed by atoms with Gasteiger partial charge < -0.3 is 9.47 Å². The molecule has 0 rings (SSSR count). The maximum atomic E-state index is 11.3. The van der Waals surface area contributed by atoms with Gasteiger partial charge in [-0.1, -0.05) is 19.4 Å². The van der Waals surface area contributed by atoms with Crippen LogP contribution in [0.15, 0.2) is 12.7 Å². The van der Waals surface area contributed by atoms with Crippen molar-refractivity contribution in [2.75, 3.05) is 39.5 Å². The van der Waals surface area contributed by atoms with Gasteiger partial charge >= 0.3 is 5.97 Å². The second-order valence-corrected chi connectivity index (χ2v) is 3.79. The first kappa shape index (κ1) is 16.1. The minimum Gasteiger partial charge on any atom is -0.465 e. The quantitative estimate of drug-likeness (QED) is 0.315. The van der Waals surface area contributed by atoms with Crippen molar-refractivity contribution in [3.05, 3.63) is 12.7 Å². The van der Waals surface area contributed by atoms with E-state index in [-0.39, 0.29) is 5.97 Å². The summed E-state index contributed by atoms with van der Waals surface area (Å²) in [5.41, 5.74) is 0. The summed E-state index contributed by atoms with van der Waals surface area (Å²) in [5.74, 6) is -0.192. The Morgan fingerprint density at radius 1 is 1.35 bits per heavy atom. The summed E-state index contributed by atoms with van der Waals surface area (Å²) in [6, 6.07) is 0. The molecule has 17 heavy (non-hydrogen) atoms. The minimum atomic E-state index is -0.192. The van der Waals surface area contributed by atoms with Crippen LogP contribution in [0.1, 0.15) is 26.7 Å². The van der Waals surface area contributed by atoms with Crippen molar-refractivity contribution in [3.63, 3.8) is 0 Å². The smallest absolute Gasteiger partial charge is 0.320 e. The molecule has 0 aliphatic carbocycles. The monoisotopic (exact) mass is 243 g/mol. The average Bonchev–Trinajstić information content (AvgIpc) is 2.29. The molecule has 0 aromatic carbocycles. The SMILES string of the molecule is C=CCN(CCOCCCC)CC(=O)OCC. The Morgan fingerprint density at radius 2 is 2.12 bits per heavy atom. The van der Waals surface area contributed by atoms with Crippen LogP contribution in [-0.4, -0.2) is 50.3 Å². The lowest BCUT2D eigenvalue weighted by Crippen LogP contribution is -2.34. The third-order valence-electron chi connectivity index (χ3n) is 2.24. The second kappa shape index (κ2) is 11.6. The fourth-order valence-electron chi connectivity index (χ4n) is 1.35. The van der Waals surface area contributed by atoms with Gasteiger partial charge in [0.15, 0.2) is 0 Å². The molecule has 4 nitrogen and oxygen atoms in total. The summed E-state index contributed by atoms with van der Waals surface area (Å²) in [6.45, 7) is 11.2. The number of hydrogen-bond acceptors (Lipinski definition) is 4. The lowest BCUT2D eigenvalue weighted by Gasteiger charge is -2.19. The largest absolute Gasteiger partial charge is 0.465 e. The average molecular weight is 243 g/mol. The van der Waals surface area contributed by atoms with Crippen molar-refractivity contribution < 1.29 is 14.3 Å². The molecule has 0 atom stereocenters. The number of ether oxygens (including phenoxy) is 2. The van der Waals surface area contributed by atoms with Crippen LogP contribution >= 0.6 is 0 Å². The number of rotatable bonds is 11. The molecule has 0 bridgehead atoms. The number of carbonyl (C=O) groups excluding carboxylic acids is 1. The first-order valence-corrected chi connectivity index (χ1v) is 6.31. The fraction of sp³-hybridized carbons (Fsp3) is 0.769. The van der Waals surface area contributed by atoms with E-state index in [2.05, 4.69) is 13.5 Å². The molecule has 0 aromatic heterocycles.